The van der Waals surface area contributed by atoms with Crippen molar-refractivity contribution in [1.29, 1.82) is 0 Å². The maximum atomic E-state index is 12.0. The Morgan fingerprint density at radius 2 is 1.89 bits per heavy atom. The molecule has 0 radical (unpaired) electrons. The van der Waals surface area contributed by atoms with E-state index in [9.17, 15) is 4.79 Å². The summed E-state index contributed by atoms with van der Waals surface area (Å²) >= 11 is 0. The first-order chi connectivity index (χ1) is 8.48. The molecule has 0 aromatic heterocycles. The van der Waals surface area contributed by atoms with E-state index < -0.39 is 0 Å². The Balaban J connectivity index is 1.89. The van der Waals surface area contributed by atoms with Gasteiger partial charge in [0.2, 0.25) is 5.91 Å². The van der Waals surface area contributed by atoms with Crippen molar-refractivity contribution in [2.24, 2.45) is 0 Å². The number of carbonyl (C=O) groups excluding carboxylic acids is 1. The Morgan fingerprint density at radius 3 is 2.39 bits per heavy atom. The number of hydrogen-bond donors (Lipinski definition) is 2. The second-order valence-corrected chi connectivity index (χ2v) is 5.64. The van der Waals surface area contributed by atoms with Crippen LogP contribution in [0, 0.1) is 6.92 Å². The number of hydrogen-bond acceptors (Lipinski definition) is 2. The lowest BCUT2D eigenvalue weighted by Gasteiger charge is -2.41. The SMILES string of the molecule is Cc1ccc(NC(=O)C(C)NC2(C)CCC2)cc1. The maximum Gasteiger partial charge on any atom is 0.241 e. The molecule has 1 aliphatic carbocycles. The molecule has 1 saturated carbocycles. The molecule has 18 heavy (non-hydrogen) atoms. The third-order valence-corrected chi connectivity index (χ3v) is 3.73. The highest BCUT2D eigenvalue weighted by Crippen LogP contribution is 2.31. The van der Waals surface area contributed by atoms with Crippen molar-refractivity contribution in [2.75, 3.05) is 5.32 Å². The molecule has 98 valence electrons. The minimum atomic E-state index is -0.156. The van der Waals surface area contributed by atoms with Crippen molar-refractivity contribution >= 4 is 11.6 Å². The number of benzene rings is 1. The van der Waals surface area contributed by atoms with Gasteiger partial charge in [-0.05, 0) is 52.2 Å². The van der Waals surface area contributed by atoms with Crippen LogP contribution in [0.4, 0.5) is 5.69 Å². The number of anilines is 1. The predicted octanol–water partition coefficient (Wildman–Crippen LogP) is 2.85. The first kappa shape index (κ1) is 13.1. The van der Waals surface area contributed by atoms with Gasteiger partial charge >= 0.3 is 0 Å². The Bertz CT molecular complexity index is 421. The van der Waals surface area contributed by atoms with Gasteiger partial charge in [-0.25, -0.2) is 0 Å². The molecule has 3 nitrogen and oxygen atoms in total. The van der Waals surface area contributed by atoms with Gasteiger partial charge in [0, 0.05) is 11.2 Å². The summed E-state index contributed by atoms with van der Waals surface area (Å²) in [6, 6.07) is 7.72. The molecule has 1 fully saturated rings. The molecule has 0 spiro atoms. The quantitative estimate of drug-likeness (QED) is 0.857. The summed E-state index contributed by atoms with van der Waals surface area (Å²) in [4.78, 5) is 12.0. The van der Waals surface area contributed by atoms with Gasteiger partial charge in [-0.3, -0.25) is 4.79 Å². The maximum absolute atomic E-state index is 12.0. The Hall–Kier alpha value is -1.35. The highest BCUT2D eigenvalue weighted by atomic mass is 16.2. The fourth-order valence-corrected chi connectivity index (χ4v) is 2.33. The van der Waals surface area contributed by atoms with E-state index in [1.165, 1.54) is 12.0 Å². The topological polar surface area (TPSA) is 41.1 Å². The third kappa shape index (κ3) is 3.10. The molecule has 1 aromatic carbocycles. The van der Waals surface area contributed by atoms with E-state index in [4.69, 9.17) is 0 Å². The monoisotopic (exact) mass is 246 g/mol. The summed E-state index contributed by atoms with van der Waals surface area (Å²) in [5.74, 6) is 0.0342. The fraction of sp³-hybridized carbons (Fsp3) is 0.533. The lowest BCUT2D eigenvalue weighted by atomic mass is 9.78. The summed E-state index contributed by atoms with van der Waals surface area (Å²) in [6.07, 6.45) is 3.58. The molecule has 0 bridgehead atoms. The van der Waals surface area contributed by atoms with E-state index in [0.29, 0.717) is 0 Å². The van der Waals surface area contributed by atoms with E-state index in [1.807, 2.05) is 38.1 Å². The lowest BCUT2D eigenvalue weighted by molar-refractivity contribution is -0.118. The van der Waals surface area contributed by atoms with Crippen LogP contribution in [-0.4, -0.2) is 17.5 Å². The van der Waals surface area contributed by atoms with E-state index in [0.717, 1.165) is 18.5 Å². The Morgan fingerprint density at radius 1 is 1.28 bits per heavy atom. The van der Waals surface area contributed by atoms with Gasteiger partial charge in [-0.2, -0.15) is 0 Å². The van der Waals surface area contributed by atoms with Gasteiger partial charge in [0.05, 0.1) is 6.04 Å². The third-order valence-electron chi connectivity index (χ3n) is 3.73. The van der Waals surface area contributed by atoms with Gasteiger partial charge in [-0.15, -0.1) is 0 Å². The van der Waals surface area contributed by atoms with Crippen LogP contribution in [-0.2, 0) is 4.79 Å². The molecule has 3 heteroatoms. The fourth-order valence-electron chi connectivity index (χ4n) is 2.33. The number of carbonyl (C=O) groups is 1. The number of amides is 1. The Labute approximate surface area is 109 Å². The molecule has 2 N–H and O–H groups in total. The van der Waals surface area contributed by atoms with Crippen LogP contribution in [0.3, 0.4) is 0 Å². The van der Waals surface area contributed by atoms with Crippen LogP contribution in [0.1, 0.15) is 38.7 Å². The molecule has 0 saturated heterocycles. The van der Waals surface area contributed by atoms with E-state index in [2.05, 4.69) is 17.6 Å². The van der Waals surface area contributed by atoms with Crippen LogP contribution in [0.2, 0.25) is 0 Å². The summed E-state index contributed by atoms with van der Waals surface area (Å²) in [5.41, 5.74) is 2.21. The van der Waals surface area contributed by atoms with E-state index in [-0.39, 0.29) is 17.5 Å². The zero-order valence-electron chi connectivity index (χ0n) is 11.4. The summed E-state index contributed by atoms with van der Waals surface area (Å²) in [6.45, 7) is 6.15. The molecule has 1 aromatic rings. The van der Waals surface area contributed by atoms with Crippen molar-refractivity contribution in [3.05, 3.63) is 29.8 Å². The highest BCUT2D eigenvalue weighted by molar-refractivity contribution is 5.94. The first-order valence-corrected chi connectivity index (χ1v) is 6.64. The molecule has 0 heterocycles. The van der Waals surface area contributed by atoms with Gasteiger partial charge < -0.3 is 10.6 Å². The van der Waals surface area contributed by atoms with Crippen molar-refractivity contribution in [1.82, 2.24) is 5.32 Å². The Kier molecular flexibility index (Phi) is 3.71. The molecule has 0 aliphatic heterocycles. The van der Waals surface area contributed by atoms with Gasteiger partial charge in [0.15, 0.2) is 0 Å². The van der Waals surface area contributed by atoms with Crippen LogP contribution in [0.25, 0.3) is 0 Å². The van der Waals surface area contributed by atoms with Crippen molar-refractivity contribution in [3.63, 3.8) is 0 Å². The zero-order chi connectivity index (χ0) is 13.2. The van der Waals surface area contributed by atoms with Crippen LogP contribution in [0.15, 0.2) is 24.3 Å². The van der Waals surface area contributed by atoms with Gasteiger partial charge in [0.25, 0.3) is 0 Å². The zero-order valence-corrected chi connectivity index (χ0v) is 11.4. The second-order valence-electron chi connectivity index (χ2n) is 5.64. The molecule has 1 unspecified atom stereocenters. The molecule has 1 atom stereocenters. The smallest absolute Gasteiger partial charge is 0.241 e. The number of rotatable bonds is 4. The largest absolute Gasteiger partial charge is 0.325 e. The van der Waals surface area contributed by atoms with E-state index in [1.54, 1.807) is 0 Å². The highest BCUT2D eigenvalue weighted by Gasteiger charge is 2.34. The normalized spacial score (nSPS) is 18.8. The predicted molar refractivity (Wildman–Crippen MR) is 74.7 cm³/mol. The lowest BCUT2D eigenvalue weighted by Crippen LogP contribution is -2.55. The standard InChI is InChI=1S/C15H22N2O/c1-11-5-7-13(8-6-11)16-14(18)12(2)17-15(3)9-4-10-15/h5-8,12,17H,4,9-10H2,1-3H3,(H,16,18). The van der Waals surface area contributed by atoms with E-state index >= 15 is 0 Å². The van der Waals surface area contributed by atoms with Crippen LogP contribution < -0.4 is 10.6 Å². The van der Waals surface area contributed by atoms with Crippen molar-refractivity contribution < 1.29 is 4.79 Å². The van der Waals surface area contributed by atoms with Gasteiger partial charge in [-0.1, -0.05) is 17.7 Å². The van der Waals surface area contributed by atoms with Gasteiger partial charge in [0.1, 0.15) is 0 Å². The molecule has 2 rings (SSSR count). The first-order valence-electron chi connectivity index (χ1n) is 6.64. The average molecular weight is 246 g/mol. The summed E-state index contributed by atoms with van der Waals surface area (Å²) in [7, 11) is 0. The van der Waals surface area contributed by atoms with Crippen molar-refractivity contribution in [2.45, 2.75) is 51.6 Å². The minimum Gasteiger partial charge on any atom is -0.325 e. The summed E-state index contributed by atoms with van der Waals surface area (Å²) < 4.78 is 0. The average Bonchev–Trinajstić information content (AvgIpc) is 2.30. The molecule has 1 amide bonds. The number of nitrogens with one attached hydrogen (secondary N) is 2. The summed E-state index contributed by atoms with van der Waals surface area (Å²) in [5, 5.41) is 6.35. The van der Waals surface area contributed by atoms with Crippen LogP contribution >= 0.6 is 0 Å². The number of aryl methyl sites for hydroxylation is 1. The molecule has 1 aliphatic rings. The molecular weight excluding hydrogens is 224 g/mol. The minimum absolute atomic E-state index is 0.0342. The molecular formula is C15H22N2O. The second kappa shape index (κ2) is 5.11. The van der Waals surface area contributed by atoms with Crippen LogP contribution in [0.5, 0.6) is 0 Å². The van der Waals surface area contributed by atoms with Crippen molar-refractivity contribution in [3.8, 4) is 0 Å².